The van der Waals surface area contributed by atoms with Crippen LogP contribution in [0, 0.1) is 0 Å². The van der Waals surface area contributed by atoms with E-state index in [0.29, 0.717) is 31.4 Å². The third kappa shape index (κ3) is 2.41. The number of β-amino-alcohol motifs (C(OH)–C–C–N with tert-alkyl or cyclic N) is 1. The summed E-state index contributed by atoms with van der Waals surface area (Å²) in [5.41, 5.74) is -0.484. The Bertz CT molecular complexity index is 345. The van der Waals surface area contributed by atoms with Crippen LogP contribution in [0.25, 0.3) is 0 Å². The van der Waals surface area contributed by atoms with Gasteiger partial charge in [-0.1, -0.05) is 20.3 Å². The molecule has 0 spiro atoms. The number of nitrogens with zero attached hydrogens (tertiary/aromatic N) is 3. The monoisotopic (exact) mass is 225 g/mol. The Morgan fingerprint density at radius 1 is 1.31 bits per heavy atom. The molecule has 0 saturated carbocycles. The highest BCUT2D eigenvalue weighted by Gasteiger charge is 2.40. The summed E-state index contributed by atoms with van der Waals surface area (Å²) in [4.78, 5) is 2.13. The molecule has 2 rings (SSSR count). The number of hydrogen-bond donors (Lipinski definition) is 1. The molecule has 1 N–H and O–H groups in total. The number of aryl methyl sites for hydroxylation is 1. The molecule has 16 heavy (non-hydrogen) atoms. The van der Waals surface area contributed by atoms with Gasteiger partial charge < -0.3 is 9.52 Å². The van der Waals surface area contributed by atoms with Gasteiger partial charge in [-0.05, 0) is 6.42 Å². The van der Waals surface area contributed by atoms with Crippen molar-refractivity contribution in [3.63, 3.8) is 0 Å². The van der Waals surface area contributed by atoms with Crippen molar-refractivity contribution in [2.45, 2.75) is 45.3 Å². The number of likely N-dealkylation sites (tertiary alicyclic amines) is 1. The van der Waals surface area contributed by atoms with Crippen LogP contribution in [0.2, 0.25) is 0 Å². The Kier molecular flexibility index (Phi) is 3.25. The van der Waals surface area contributed by atoms with Crippen LogP contribution < -0.4 is 0 Å². The Hall–Kier alpha value is -0.940. The van der Waals surface area contributed by atoms with E-state index in [1.165, 1.54) is 0 Å². The third-order valence-electron chi connectivity index (χ3n) is 2.92. The van der Waals surface area contributed by atoms with Gasteiger partial charge in [0.2, 0.25) is 11.8 Å². The Balaban J connectivity index is 1.81. The summed E-state index contributed by atoms with van der Waals surface area (Å²) in [7, 11) is 0. The lowest BCUT2D eigenvalue weighted by Crippen LogP contribution is -2.60. The van der Waals surface area contributed by atoms with Gasteiger partial charge in [-0.25, -0.2) is 0 Å². The van der Waals surface area contributed by atoms with Crippen LogP contribution in [-0.2, 0) is 13.0 Å². The molecule has 1 saturated heterocycles. The second kappa shape index (κ2) is 4.51. The van der Waals surface area contributed by atoms with Crippen LogP contribution in [0.15, 0.2) is 4.42 Å². The smallest absolute Gasteiger partial charge is 0.230 e. The molecule has 0 aromatic carbocycles. The fourth-order valence-corrected chi connectivity index (χ4v) is 2.21. The summed E-state index contributed by atoms with van der Waals surface area (Å²) in [5.74, 6) is 1.33. The largest absolute Gasteiger partial charge is 0.424 e. The number of aromatic nitrogens is 2. The molecular formula is C11H19N3O2. The molecule has 1 aliphatic rings. The minimum atomic E-state index is -0.484. The van der Waals surface area contributed by atoms with Crippen LogP contribution >= 0.6 is 0 Å². The van der Waals surface area contributed by atoms with E-state index in [1.807, 2.05) is 6.92 Å². The van der Waals surface area contributed by atoms with E-state index in [2.05, 4.69) is 22.0 Å². The molecule has 90 valence electrons. The first-order valence-electron chi connectivity index (χ1n) is 5.91. The SMILES string of the molecule is CCCC1(O)CN(Cc2nnc(CC)o2)C1. The molecule has 5 nitrogen and oxygen atoms in total. The van der Waals surface area contributed by atoms with E-state index < -0.39 is 5.60 Å². The number of rotatable bonds is 5. The first-order chi connectivity index (χ1) is 7.65. The van der Waals surface area contributed by atoms with Crippen molar-refractivity contribution in [2.75, 3.05) is 13.1 Å². The fourth-order valence-electron chi connectivity index (χ4n) is 2.21. The third-order valence-corrected chi connectivity index (χ3v) is 2.92. The summed E-state index contributed by atoms with van der Waals surface area (Å²) < 4.78 is 5.42. The minimum Gasteiger partial charge on any atom is -0.424 e. The molecule has 2 heterocycles. The zero-order valence-corrected chi connectivity index (χ0v) is 9.94. The molecule has 0 aliphatic carbocycles. The van der Waals surface area contributed by atoms with Gasteiger partial charge >= 0.3 is 0 Å². The van der Waals surface area contributed by atoms with Crippen LogP contribution in [-0.4, -0.2) is 38.9 Å². The maximum Gasteiger partial charge on any atom is 0.230 e. The topological polar surface area (TPSA) is 62.4 Å². The van der Waals surface area contributed by atoms with E-state index in [4.69, 9.17) is 4.42 Å². The average molecular weight is 225 g/mol. The van der Waals surface area contributed by atoms with Crippen molar-refractivity contribution in [1.82, 2.24) is 15.1 Å². The molecule has 1 aromatic heterocycles. The summed E-state index contributed by atoms with van der Waals surface area (Å²) in [6.45, 7) is 6.15. The zero-order valence-electron chi connectivity index (χ0n) is 9.94. The summed E-state index contributed by atoms with van der Waals surface area (Å²) >= 11 is 0. The van der Waals surface area contributed by atoms with Crippen molar-refractivity contribution >= 4 is 0 Å². The van der Waals surface area contributed by atoms with E-state index in [0.717, 1.165) is 19.3 Å². The number of aliphatic hydroxyl groups is 1. The predicted octanol–water partition coefficient (Wildman–Crippen LogP) is 0.979. The van der Waals surface area contributed by atoms with Gasteiger partial charge in [-0.3, -0.25) is 4.90 Å². The van der Waals surface area contributed by atoms with E-state index in [9.17, 15) is 5.11 Å². The van der Waals surface area contributed by atoms with Crippen molar-refractivity contribution in [3.05, 3.63) is 11.8 Å². The van der Waals surface area contributed by atoms with E-state index in [1.54, 1.807) is 0 Å². The molecule has 0 radical (unpaired) electrons. The Morgan fingerprint density at radius 2 is 2.00 bits per heavy atom. The summed E-state index contributed by atoms with van der Waals surface area (Å²) in [6.07, 6.45) is 2.66. The molecular weight excluding hydrogens is 206 g/mol. The summed E-state index contributed by atoms with van der Waals surface area (Å²) in [5, 5.41) is 17.9. The quantitative estimate of drug-likeness (QED) is 0.809. The van der Waals surface area contributed by atoms with Crippen LogP contribution in [0.1, 0.15) is 38.5 Å². The van der Waals surface area contributed by atoms with Gasteiger partial charge in [0.15, 0.2) is 0 Å². The molecule has 0 bridgehead atoms. The van der Waals surface area contributed by atoms with E-state index >= 15 is 0 Å². The first-order valence-corrected chi connectivity index (χ1v) is 5.91. The highest BCUT2D eigenvalue weighted by molar-refractivity contribution is 4.96. The van der Waals surface area contributed by atoms with Crippen LogP contribution in [0.3, 0.4) is 0 Å². The van der Waals surface area contributed by atoms with Crippen molar-refractivity contribution in [2.24, 2.45) is 0 Å². The molecule has 1 aliphatic heterocycles. The van der Waals surface area contributed by atoms with Crippen molar-refractivity contribution in [1.29, 1.82) is 0 Å². The minimum absolute atomic E-state index is 0.484. The summed E-state index contributed by atoms with van der Waals surface area (Å²) in [6, 6.07) is 0. The predicted molar refractivity (Wildman–Crippen MR) is 58.8 cm³/mol. The van der Waals surface area contributed by atoms with Gasteiger partial charge in [0.25, 0.3) is 0 Å². The fraction of sp³-hybridized carbons (Fsp3) is 0.818. The van der Waals surface area contributed by atoms with Crippen LogP contribution in [0.4, 0.5) is 0 Å². The van der Waals surface area contributed by atoms with Crippen LogP contribution in [0.5, 0.6) is 0 Å². The standard InChI is InChI=1S/C11H19N3O2/c1-3-5-11(15)7-14(8-11)6-10-13-12-9(4-2)16-10/h15H,3-8H2,1-2H3. The normalized spacial score (nSPS) is 19.7. The van der Waals surface area contributed by atoms with E-state index in [-0.39, 0.29) is 0 Å². The van der Waals surface area contributed by atoms with Gasteiger partial charge in [-0.15, -0.1) is 10.2 Å². The Labute approximate surface area is 95.5 Å². The highest BCUT2D eigenvalue weighted by Crippen LogP contribution is 2.26. The molecule has 1 fully saturated rings. The molecule has 0 amide bonds. The lowest BCUT2D eigenvalue weighted by molar-refractivity contribution is -0.109. The maximum atomic E-state index is 10.0. The average Bonchev–Trinajstić information content (AvgIpc) is 2.64. The second-order valence-electron chi connectivity index (χ2n) is 4.56. The second-order valence-corrected chi connectivity index (χ2v) is 4.56. The lowest BCUT2D eigenvalue weighted by Gasteiger charge is -2.46. The lowest BCUT2D eigenvalue weighted by atomic mass is 9.89. The van der Waals surface area contributed by atoms with Gasteiger partial charge in [0, 0.05) is 19.5 Å². The molecule has 1 aromatic rings. The van der Waals surface area contributed by atoms with Gasteiger partial charge in [0.1, 0.15) is 0 Å². The Morgan fingerprint density at radius 3 is 2.56 bits per heavy atom. The van der Waals surface area contributed by atoms with Gasteiger partial charge in [0.05, 0.1) is 12.1 Å². The number of hydrogen-bond acceptors (Lipinski definition) is 5. The first kappa shape index (κ1) is 11.5. The maximum absolute atomic E-state index is 10.0. The van der Waals surface area contributed by atoms with Crippen molar-refractivity contribution in [3.8, 4) is 0 Å². The molecule has 0 atom stereocenters. The highest BCUT2D eigenvalue weighted by atomic mass is 16.4. The van der Waals surface area contributed by atoms with Crippen molar-refractivity contribution < 1.29 is 9.52 Å². The molecule has 5 heteroatoms. The van der Waals surface area contributed by atoms with Gasteiger partial charge in [-0.2, -0.15) is 0 Å². The zero-order chi connectivity index (χ0) is 11.6. The molecule has 0 unspecified atom stereocenters.